The fourth-order valence-corrected chi connectivity index (χ4v) is 10.4. The van der Waals surface area contributed by atoms with Crippen LogP contribution in [0.2, 0.25) is 0 Å². The number of fused-ring (bicyclic) bond motifs is 6. The lowest BCUT2D eigenvalue weighted by Gasteiger charge is -2.20. The van der Waals surface area contributed by atoms with Crippen LogP contribution in [0.5, 0.6) is 0 Å². The van der Waals surface area contributed by atoms with E-state index in [1.54, 1.807) is 0 Å². The minimum absolute atomic E-state index is 0.952. The molecule has 0 amide bonds. The predicted molar refractivity (Wildman–Crippen MR) is 265 cm³/mol. The maximum absolute atomic E-state index is 4.81. The Labute approximate surface area is 365 Å². The molecule has 2 heterocycles. The summed E-state index contributed by atoms with van der Waals surface area (Å²) in [6.45, 7) is 0. The Kier molecular flexibility index (Phi) is 7.94. The summed E-state index contributed by atoms with van der Waals surface area (Å²) in [5, 5.41) is 7.65. The van der Waals surface area contributed by atoms with Crippen LogP contribution in [0.4, 0.5) is 0 Å². The van der Waals surface area contributed by atoms with E-state index in [1.165, 1.54) is 110 Å². The molecule has 0 bridgehead atoms. The first kappa shape index (κ1) is 35.4. The molecular formula is C61H38N2. The third kappa shape index (κ3) is 5.55. The van der Waals surface area contributed by atoms with Crippen molar-refractivity contribution in [3.05, 3.63) is 231 Å². The molecule has 0 saturated carbocycles. The fourth-order valence-electron chi connectivity index (χ4n) is 10.4. The Hall–Kier alpha value is -8.33. The summed E-state index contributed by atoms with van der Waals surface area (Å²) in [7, 11) is 0. The smallest absolute Gasteiger partial charge is 0.137 e. The zero-order valence-electron chi connectivity index (χ0n) is 34.3. The van der Waals surface area contributed by atoms with Crippen molar-refractivity contribution in [1.82, 2.24) is 9.38 Å². The lowest BCUT2D eigenvalue weighted by molar-refractivity contribution is 1.19. The van der Waals surface area contributed by atoms with Crippen molar-refractivity contribution < 1.29 is 0 Å². The van der Waals surface area contributed by atoms with E-state index in [0.717, 1.165) is 16.9 Å². The zero-order chi connectivity index (χ0) is 41.4. The van der Waals surface area contributed by atoms with Gasteiger partial charge in [0.15, 0.2) is 0 Å². The van der Waals surface area contributed by atoms with Crippen LogP contribution in [0.3, 0.4) is 0 Å². The highest BCUT2D eigenvalue weighted by Gasteiger charge is 2.31. The maximum Gasteiger partial charge on any atom is 0.137 e. The van der Waals surface area contributed by atoms with Gasteiger partial charge in [0.25, 0.3) is 0 Å². The monoisotopic (exact) mass is 798 g/mol. The molecule has 0 fully saturated rings. The summed E-state index contributed by atoms with van der Waals surface area (Å²) in [5.41, 5.74) is 20.6. The van der Waals surface area contributed by atoms with Gasteiger partial charge in [-0.15, -0.1) is 0 Å². The standard InChI is InChI=1S/C61H38N2/c1-3-14-43(15-4-1)57-51-20-9-10-21-52(51)58(44-16-5-2-6-17-44)61-54-36-35-49(50-22-13-23-53(59(50)54)60(57)61)48-34-33-45(46-18-7-8-19-47(46)48)41-29-25-39(26-30-41)40-27-31-42(32-28-40)55-38-63-37-12-11-24-56(63)62-55/h1-38H. The Morgan fingerprint density at radius 1 is 0.270 bits per heavy atom. The summed E-state index contributed by atoms with van der Waals surface area (Å²) < 4.78 is 2.06. The second-order valence-corrected chi connectivity index (χ2v) is 16.6. The summed E-state index contributed by atoms with van der Waals surface area (Å²) in [6, 6.07) is 80.0. The molecule has 1 aliphatic rings. The number of pyridine rings is 1. The Balaban J connectivity index is 0.929. The van der Waals surface area contributed by atoms with Gasteiger partial charge < -0.3 is 4.40 Å². The third-order valence-electron chi connectivity index (χ3n) is 13.2. The van der Waals surface area contributed by atoms with E-state index in [-0.39, 0.29) is 0 Å². The van der Waals surface area contributed by atoms with Gasteiger partial charge in [0.1, 0.15) is 5.65 Å². The first-order valence-corrected chi connectivity index (χ1v) is 21.7. The lowest BCUT2D eigenvalue weighted by atomic mass is 9.82. The van der Waals surface area contributed by atoms with Gasteiger partial charge in [-0.25, -0.2) is 4.98 Å². The van der Waals surface area contributed by atoms with Crippen molar-refractivity contribution in [1.29, 1.82) is 0 Å². The van der Waals surface area contributed by atoms with Gasteiger partial charge in [-0.1, -0.05) is 206 Å². The Morgan fingerprint density at radius 3 is 1.35 bits per heavy atom. The van der Waals surface area contributed by atoms with E-state index < -0.39 is 0 Å². The van der Waals surface area contributed by atoms with Gasteiger partial charge in [0.2, 0.25) is 0 Å². The number of aromatic nitrogens is 2. The summed E-state index contributed by atoms with van der Waals surface area (Å²) in [4.78, 5) is 4.81. The second-order valence-electron chi connectivity index (χ2n) is 16.6. The Morgan fingerprint density at radius 2 is 0.730 bits per heavy atom. The highest BCUT2D eigenvalue weighted by molar-refractivity contribution is 6.29. The molecular weight excluding hydrogens is 761 g/mol. The molecule has 0 N–H and O–H groups in total. The molecule has 2 nitrogen and oxygen atoms in total. The molecule has 63 heavy (non-hydrogen) atoms. The van der Waals surface area contributed by atoms with Crippen LogP contribution in [0.1, 0.15) is 0 Å². The molecule has 0 radical (unpaired) electrons. The number of imidazole rings is 1. The molecule has 0 spiro atoms. The van der Waals surface area contributed by atoms with Gasteiger partial charge in [-0.3, -0.25) is 0 Å². The average Bonchev–Trinajstić information content (AvgIpc) is 3.94. The minimum Gasteiger partial charge on any atom is -0.306 e. The molecule has 2 aromatic heterocycles. The molecule has 0 atom stereocenters. The summed E-state index contributed by atoms with van der Waals surface area (Å²) in [5.74, 6) is 0. The normalized spacial score (nSPS) is 11.8. The van der Waals surface area contributed by atoms with Crippen molar-refractivity contribution in [3.63, 3.8) is 0 Å². The third-order valence-corrected chi connectivity index (χ3v) is 13.2. The molecule has 13 rings (SSSR count). The highest BCUT2D eigenvalue weighted by atomic mass is 15.0. The van der Waals surface area contributed by atoms with Crippen molar-refractivity contribution in [2.24, 2.45) is 0 Å². The van der Waals surface area contributed by atoms with E-state index >= 15 is 0 Å². The molecule has 10 aromatic carbocycles. The predicted octanol–water partition coefficient (Wildman–Crippen LogP) is 16.4. The van der Waals surface area contributed by atoms with Crippen LogP contribution < -0.4 is 0 Å². The minimum atomic E-state index is 0.952. The van der Waals surface area contributed by atoms with E-state index in [2.05, 4.69) is 211 Å². The molecule has 0 unspecified atom stereocenters. The topological polar surface area (TPSA) is 17.3 Å². The van der Waals surface area contributed by atoms with Crippen LogP contribution >= 0.6 is 0 Å². The molecule has 1 aliphatic carbocycles. The number of nitrogens with zero attached hydrogens (tertiary/aromatic N) is 2. The average molecular weight is 799 g/mol. The molecule has 0 saturated heterocycles. The summed E-state index contributed by atoms with van der Waals surface area (Å²) in [6.07, 6.45) is 4.12. The quantitative estimate of drug-likeness (QED) is 0.164. The van der Waals surface area contributed by atoms with Crippen LogP contribution in [-0.2, 0) is 0 Å². The van der Waals surface area contributed by atoms with Crippen molar-refractivity contribution in [2.75, 3.05) is 0 Å². The van der Waals surface area contributed by atoms with Crippen molar-refractivity contribution >= 4 is 38.0 Å². The van der Waals surface area contributed by atoms with Crippen LogP contribution in [0, 0.1) is 0 Å². The largest absolute Gasteiger partial charge is 0.306 e. The van der Waals surface area contributed by atoms with E-state index in [4.69, 9.17) is 4.98 Å². The van der Waals surface area contributed by atoms with Crippen LogP contribution in [-0.4, -0.2) is 9.38 Å². The molecule has 12 aromatic rings. The first-order valence-electron chi connectivity index (χ1n) is 21.7. The fraction of sp³-hybridized carbons (Fsp3) is 0. The van der Waals surface area contributed by atoms with Gasteiger partial charge in [0, 0.05) is 18.0 Å². The number of benzene rings is 10. The van der Waals surface area contributed by atoms with E-state index in [9.17, 15) is 0 Å². The number of hydrogen-bond acceptors (Lipinski definition) is 1. The molecule has 0 aliphatic heterocycles. The van der Waals surface area contributed by atoms with E-state index in [1.807, 2.05) is 24.4 Å². The summed E-state index contributed by atoms with van der Waals surface area (Å²) >= 11 is 0. The Bertz CT molecular complexity index is 3620. The van der Waals surface area contributed by atoms with Crippen LogP contribution in [0.15, 0.2) is 231 Å². The lowest BCUT2D eigenvalue weighted by Crippen LogP contribution is -1.93. The maximum atomic E-state index is 4.81. The van der Waals surface area contributed by atoms with E-state index in [0.29, 0.717) is 0 Å². The SMILES string of the molecule is c1ccc(-c2c3c(c(-c4ccccc4)c4ccccc24)-c2ccc(-c4ccc(-c5ccc(-c6ccc(-c7cn8ccccc8n7)cc6)cc5)c5ccccc45)c4cccc-3c24)cc1. The van der Waals surface area contributed by atoms with Gasteiger partial charge in [0.05, 0.1) is 5.69 Å². The number of hydrogen-bond donors (Lipinski definition) is 0. The van der Waals surface area contributed by atoms with Crippen LogP contribution in [0.25, 0.3) is 127 Å². The zero-order valence-corrected chi connectivity index (χ0v) is 34.3. The van der Waals surface area contributed by atoms with Gasteiger partial charge in [-0.2, -0.15) is 0 Å². The van der Waals surface area contributed by atoms with Crippen molar-refractivity contribution in [2.45, 2.75) is 0 Å². The highest BCUT2D eigenvalue weighted by Crippen LogP contribution is 2.58. The van der Waals surface area contributed by atoms with Gasteiger partial charge >= 0.3 is 0 Å². The first-order chi connectivity index (χ1) is 31.3. The van der Waals surface area contributed by atoms with Gasteiger partial charge in [-0.05, 0) is 122 Å². The molecule has 292 valence electrons. The van der Waals surface area contributed by atoms with Crippen molar-refractivity contribution in [3.8, 4) is 89.1 Å². The number of rotatable bonds is 6. The molecule has 2 heteroatoms. The second kappa shape index (κ2) is 14.1.